The molecule has 0 aliphatic carbocycles. The van der Waals surface area contributed by atoms with Gasteiger partial charge in [0.15, 0.2) is 22.9 Å². The highest BCUT2D eigenvalue weighted by atomic mass is 28.4. The molecule has 18 heteroatoms. The van der Waals surface area contributed by atoms with E-state index >= 15 is 0 Å². The lowest BCUT2D eigenvalue weighted by atomic mass is 9.98. The van der Waals surface area contributed by atoms with Crippen molar-refractivity contribution < 1.29 is 37.8 Å². The van der Waals surface area contributed by atoms with E-state index in [4.69, 9.17) is 18.3 Å². The normalized spacial score (nSPS) is 20.4. The maximum atomic E-state index is 14.9. The van der Waals surface area contributed by atoms with Crippen molar-refractivity contribution in [2.24, 2.45) is 5.92 Å². The molecule has 1 aromatic heterocycles. The van der Waals surface area contributed by atoms with Gasteiger partial charge < -0.3 is 44.3 Å². The molecule has 2 aliphatic heterocycles. The van der Waals surface area contributed by atoms with E-state index < -0.39 is 76.7 Å². The zero-order valence-electron chi connectivity index (χ0n) is 40.9. The molecule has 1 fully saturated rings. The van der Waals surface area contributed by atoms with Gasteiger partial charge in [0.25, 0.3) is 5.56 Å². The molecule has 3 amide bonds. The number of anilines is 1. The van der Waals surface area contributed by atoms with E-state index in [1.165, 1.54) is 16.8 Å². The van der Waals surface area contributed by atoms with E-state index in [0.717, 1.165) is 16.8 Å². The van der Waals surface area contributed by atoms with Gasteiger partial charge >= 0.3 is 11.8 Å². The van der Waals surface area contributed by atoms with Crippen LogP contribution in [-0.4, -0.2) is 105 Å². The number of amides is 3. The molecule has 364 valence electrons. The van der Waals surface area contributed by atoms with Gasteiger partial charge in [0.05, 0.1) is 0 Å². The maximum absolute atomic E-state index is 14.9. The number of fused-ring (bicyclic) bond motifs is 1. The first-order valence-corrected chi connectivity index (χ1v) is 29.0. The molecule has 3 heterocycles. The third-order valence-corrected chi connectivity index (χ3v) is 22.4. The monoisotopic (exact) mass is 951 g/mol. The summed E-state index contributed by atoms with van der Waals surface area (Å²) in [4.78, 5) is 71.0. The van der Waals surface area contributed by atoms with Crippen LogP contribution in [0.1, 0.15) is 85.6 Å². The summed E-state index contributed by atoms with van der Waals surface area (Å²) in [6.45, 7) is 25.7. The highest BCUT2D eigenvalue weighted by molar-refractivity contribution is 6.74. The van der Waals surface area contributed by atoms with Crippen molar-refractivity contribution in [3.63, 3.8) is 0 Å². The van der Waals surface area contributed by atoms with Crippen molar-refractivity contribution in [3.8, 4) is 0 Å². The molecule has 5 N–H and O–H groups in total. The van der Waals surface area contributed by atoms with Crippen molar-refractivity contribution in [1.29, 1.82) is 0 Å². The lowest BCUT2D eigenvalue weighted by molar-refractivity contribution is -0.131. The number of nitrogens with zero attached hydrogens (tertiary/aromatic N) is 2. The first kappa shape index (κ1) is 52.5. The number of carbonyl (C=O) groups is 3. The summed E-state index contributed by atoms with van der Waals surface area (Å²) >= 11 is 0. The third kappa shape index (κ3) is 13.0. The molecule has 0 unspecified atom stereocenters. The zero-order valence-corrected chi connectivity index (χ0v) is 42.9. The smallest absolute Gasteiger partial charge is 0.408 e. The Labute approximate surface area is 391 Å². The number of benzene rings is 2. The molecule has 16 nitrogen and oxygen atoms in total. The van der Waals surface area contributed by atoms with E-state index in [0.29, 0.717) is 25.8 Å². The van der Waals surface area contributed by atoms with Crippen molar-refractivity contribution >= 4 is 40.2 Å². The van der Waals surface area contributed by atoms with Crippen LogP contribution in [0.15, 0.2) is 76.4 Å². The van der Waals surface area contributed by atoms with E-state index in [1.807, 2.05) is 68.4 Å². The van der Waals surface area contributed by atoms with Gasteiger partial charge in [-0.15, -0.1) is 0 Å². The highest BCUT2D eigenvalue weighted by Gasteiger charge is 2.57. The van der Waals surface area contributed by atoms with Crippen LogP contribution in [0, 0.1) is 5.92 Å². The summed E-state index contributed by atoms with van der Waals surface area (Å²) in [7, 11) is -5.36. The Balaban J connectivity index is 1.43. The third-order valence-electron chi connectivity index (χ3n) is 13.5. The van der Waals surface area contributed by atoms with E-state index in [9.17, 15) is 29.1 Å². The molecule has 1 saturated heterocycles. The average Bonchev–Trinajstić information content (AvgIpc) is 3.81. The van der Waals surface area contributed by atoms with Crippen molar-refractivity contribution in [2.75, 3.05) is 24.5 Å². The highest BCUT2D eigenvalue weighted by Crippen LogP contribution is 2.46. The molecule has 2 aromatic carbocycles. The summed E-state index contributed by atoms with van der Waals surface area (Å²) < 4.78 is 27.8. The largest absolute Gasteiger partial charge is 0.445 e. The summed E-state index contributed by atoms with van der Waals surface area (Å²) in [5, 5.41) is 21.2. The Morgan fingerprint density at radius 3 is 2.12 bits per heavy atom. The van der Waals surface area contributed by atoms with Crippen LogP contribution in [0.2, 0.25) is 36.3 Å². The number of hydrogen-bond acceptors (Lipinski definition) is 11. The second kappa shape index (κ2) is 21.7. The van der Waals surface area contributed by atoms with E-state index in [-0.39, 0.29) is 47.5 Å². The molecule has 5 rings (SSSR count). The van der Waals surface area contributed by atoms with Gasteiger partial charge in [0, 0.05) is 31.0 Å². The van der Waals surface area contributed by atoms with Crippen LogP contribution in [0.25, 0.3) is 0 Å². The Hall–Kier alpha value is -4.44. The molecule has 0 spiro atoms. The lowest BCUT2D eigenvalue weighted by Crippen LogP contribution is -2.60. The number of nitrogens with one attached hydrogen (secondary N) is 4. The summed E-state index contributed by atoms with van der Waals surface area (Å²) in [6, 6.07) is 16.1. The van der Waals surface area contributed by atoms with Crippen LogP contribution < -0.4 is 32.1 Å². The number of aromatic nitrogens is 2. The quantitative estimate of drug-likeness (QED) is 0.0700. The van der Waals surface area contributed by atoms with Gasteiger partial charge in [0.1, 0.15) is 43.1 Å². The van der Waals surface area contributed by atoms with Crippen LogP contribution in [0.5, 0.6) is 0 Å². The second-order valence-electron chi connectivity index (χ2n) is 21.0. The van der Waals surface area contributed by atoms with Crippen molar-refractivity contribution in [2.45, 2.75) is 160 Å². The van der Waals surface area contributed by atoms with Gasteiger partial charge in [0.2, 0.25) is 11.8 Å². The number of carbonyl (C=O) groups excluding carboxylic acids is 3. The van der Waals surface area contributed by atoms with E-state index in [2.05, 4.69) is 88.7 Å². The molecule has 2 aliphatic rings. The molecule has 0 bridgehead atoms. The minimum Gasteiger partial charge on any atom is -0.445 e. The van der Waals surface area contributed by atoms with E-state index in [1.54, 1.807) is 4.90 Å². The fraction of sp³-hybridized carbons (Fsp3) is 0.604. The maximum Gasteiger partial charge on any atom is 0.408 e. The van der Waals surface area contributed by atoms with Crippen LogP contribution >= 0.6 is 0 Å². The number of alkyl carbamates (subject to hydrolysis) is 1. The predicted octanol–water partition coefficient (Wildman–Crippen LogP) is 5.97. The van der Waals surface area contributed by atoms with Crippen LogP contribution in [0.3, 0.4) is 0 Å². The van der Waals surface area contributed by atoms with Crippen LogP contribution in [0.4, 0.5) is 10.5 Å². The fourth-order valence-electron chi connectivity index (χ4n) is 7.65. The molecular weight excluding hydrogens is 877 g/mol. The minimum atomic E-state index is -2.70. The van der Waals surface area contributed by atoms with Gasteiger partial charge in [-0.3, -0.25) is 23.9 Å². The number of hydrogen-bond donors (Lipinski definition) is 5. The first-order chi connectivity index (χ1) is 30.8. The fourth-order valence-corrected chi connectivity index (χ4v) is 10.2. The van der Waals surface area contributed by atoms with Crippen molar-refractivity contribution in [1.82, 2.24) is 25.5 Å². The molecule has 0 radical (unpaired) electrons. The summed E-state index contributed by atoms with van der Waals surface area (Å²) in [5.41, 5.74) is 1.29. The second-order valence-corrected chi connectivity index (χ2v) is 30.5. The van der Waals surface area contributed by atoms with Crippen molar-refractivity contribution in [3.05, 3.63) is 98.8 Å². The Bertz CT molecular complexity index is 2240. The molecule has 3 aromatic rings. The molecular formula is C48H74N6O10Si2. The number of aliphatic hydroxyl groups excluding tert-OH is 1. The van der Waals surface area contributed by atoms with Crippen LogP contribution in [-0.2, 0) is 40.9 Å². The van der Waals surface area contributed by atoms with Gasteiger partial charge in [-0.05, 0) is 85.2 Å². The van der Waals surface area contributed by atoms with Gasteiger partial charge in [-0.1, -0.05) is 104 Å². The predicted molar refractivity (Wildman–Crippen MR) is 260 cm³/mol. The number of H-pyrrole nitrogens is 1. The molecule has 0 saturated carbocycles. The zero-order chi connectivity index (χ0) is 48.8. The Morgan fingerprint density at radius 2 is 1.50 bits per heavy atom. The Kier molecular flexibility index (Phi) is 17.3. The molecule has 66 heavy (non-hydrogen) atoms. The lowest BCUT2D eigenvalue weighted by Gasteiger charge is -2.44. The standard InChI is InChI=1S/C48H74N6O10Si2/c1-31(2)29-34(51-46(60)61-30-32-19-14-13-15-20-32)42(57)50-26-18-25-49-37(43(58)53-27-23-33-21-16-17-22-35(33)53)38(56)39-40(63-65(9,10)47(3,4)5)41(64-66(11,12)48(6,7)8)44(62-39)54-28-24-36(55)52-45(54)59/h13-17,19-22,24,28,31,34,37-41,44,49,56H,18,23,25-27,29-30H2,1-12H3,(H,50,57)(H,51,60)(H,52,55,59)/t34-,37-,38+,39+,40+,41+,44+/m0/s1. The summed E-state index contributed by atoms with van der Waals surface area (Å²) in [6.07, 6.45) is -3.71. The number of rotatable bonds is 19. The van der Waals surface area contributed by atoms with Gasteiger partial charge in [-0.2, -0.15) is 0 Å². The SMILES string of the molecule is CC(C)C[C@H](NC(=O)OCc1ccccc1)C(=O)NCCCN[C@H](C(=O)N1CCc2ccccc21)[C@@H](O)[C@H]1O[C@@H](n2ccc(=O)[nH]c2=O)[C@H](O[Si](C)(C)C(C)(C)C)[C@@H]1O[Si](C)(C)C(C)(C)C. The first-order valence-electron chi connectivity index (χ1n) is 23.2. The average molecular weight is 951 g/mol. The molecule has 7 atom stereocenters. The Morgan fingerprint density at radius 1 is 0.879 bits per heavy atom. The topological polar surface area (TPSA) is 203 Å². The van der Waals surface area contributed by atoms with Gasteiger partial charge in [-0.25, -0.2) is 9.59 Å². The number of ether oxygens (including phenoxy) is 2. The number of aliphatic hydroxyl groups is 1. The summed E-state index contributed by atoms with van der Waals surface area (Å²) in [5.74, 6) is -0.659. The number of para-hydroxylation sites is 1. The minimum absolute atomic E-state index is 0.0643. The number of aromatic amines is 1.